The monoisotopic (exact) mass is 490 g/mol. The third-order valence-electron chi connectivity index (χ3n) is 3.38. The second-order valence-electron chi connectivity index (χ2n) is 5.63. The van der Waals surface area contributed by atoms with Crippen molar-refractivity contribution in [2.45, 2.75) is 0 Å². The first-order valence-corrected chi connectivity index (χ1v) is 10.0. The minimum Gasteiger partial charge on any atom is -0.516 e. The van der Waals surface area contributed by atoms with E-state index in [1.54, 1.807) is 24.3 Å². The fraction of sp³-hybridized carbons (Fsp3) is 0. The van der Waals surface area contributed by atoms with Crippen molar-refractivity contribution < 1.29 is 30.3 Å². The van der Waals surface area contributed by atoms with Gasteiger partial charge >= 0.3 is 6.47 Å². The largest absolute Gasteiger partial charge is 0.516 e. The molecule has 0 fully saturated rings. The number of hydrogen-bond donors (Lipinski definition) is 4. The number of benzene rings is 3. The molecule has 0 saturated carbocycles. The minimum absolute atomic E-state index is 0.0694. The zero-order chi connectivity index (χ0) is 24.7. The van der Waals surface area contributed by atoms with Crippen molar-refractivity contribution in [3.63, 3.8) is 0 Å². The number of halogens is 2. The maximum atomic E-state index is 8.79. The predicted molar refractivity (Wildman–Crippen MR) is 134 cm³/mol. The maximum Gasteiger partial charge on any atom is 0.330 e. The van der Waals surface area contributed by atoms with Gasteiger partial charge < -0.3 is 20.2 Å². The molecule has 3 aromatic carbocycles. The van der Waals surface area contributed by atoms with E-state index in [2.05, 4.69) is 4.89 Å². The van der Waals surface area contributed by atoms with Crippen LogP contribution in [0.4, 0.5) is 0 Å². The van der Waals surface area contributed by atoms with E-state index in [4.69, 9.17) is 48.6 Å². The van der Waals surface area contributed by atoms with Crippen LogP contribution in [0.15, 0.2) is 109 Å². The van der Waals surface area contributed by atoms with Crippen LogP contribution in [-0.4, -0.2) is 27.0 Å². The molecule has 4 N–H and O–H groups in total. The van der Waals surface area contributed by atoms with Crippen LogP contribution in [0.2, 0.25) is 0 Å². The van der Waals surface area contributed by atoms with Gasteiger partial charge in [0.25, 0.3) is 0 Å². The van der Waals surface area contributed by atoms with E-state index in [1.807, 2.05) is 78.9 Å². The highest BCUT2D eigenvalue weighted by Crippen LogP contribution is 2.22. The van der Waals surface area contributed by atoms with E-state index in [1.165, 1.54) is 0 Å². The summed E-state index contributed by atoms with van der Waals surface area (Å²) in [6.07, 6.45) is 5.35. The summed E-state index contributed by atoms with van der Waals surface area (Å²) < 4.78 is 0. The van der Waals surface area contributed by atoms with E-state index < -0.39 is 0 Å². The summed E-state index contributed by atoms with van der Waals surface area (Å²) in [6.45, 7) is -0.0694. The fourth-order valence-corrected chi connectivity index (χ4v) is 2.24. The van der Waals surface area contributed by atoms with Gasteiger partial charge in [0.2, 0.25) is 5.22 Å². The Bertz CT molecular complexity index is 908. The van der Waals surface area contributed by atoms with Gasteiger partial charge in [-0.2, -0.15) is 0 Å². The summed E-state index contributed by atoms with van der Waals surface area (Å²) in [5, 5.41) is 32.3. The van der Waals surface area contributed by atoms with Crippen LogP contribution in [0.25, 0.3) is 17.2 Å². The lowest BCUT2D eigenvalue weighted by Crippen LogP contribution is -1.77. The maximum absolute atomic E-state index is 8.79. The molecule has 0 saturated heterocycles. The molecule has 0 spiro atoms. The van der Waals surface area contributed by atoms with Gasteiger partial charge in [-0.15, -0.1) is 0 Å². The van der Waals surface area contributed by atoms with Crippen LogP contribution < -0.4 is 0 Å². The quantitative estimate of drug-likeness (QED) is 0.131. The third-order valence-corrected chi connectivity index (χ3v) is 4.07. The molecule has 0 unspecified atom stereocenters. The fourth-order valence-electron chi connectivity index (χ4n) is 2.00. The first-order chi connectivity index (χ1) is 16.0. The van der Waals surface area contributed by atoms with Gasteiger partial charge in [0.15, 0.2) is 0 Å². The zero-order valence-corrected chi connectivity index (χ0v) is 18.9. The summed E-state index contributed by atoms with van der Waals surface area (Å²) in [5.41, 5.74) is 2.74. The van der Waals surface area contributed by atoms with Crippen LogP contribution in [0, 0.1) is 0 Å². The standard InChI is InChI=1S/C8H6Cl2O.2C8H8O.CH2O3/c9-7(8(10)11)6-4-2-1-3-5-6;2*9-7-6-8-4-2-1-3-5-8;2-1-4-3/h1-5,11H;2*1-7,9H;1,3H. The topological polar surface area (TPSA) is 107 Å². The van der Waals surface area contributed by atoms with Crippen molar-refractivity contribution in [2.24, 2.45) is 0 Å². The second kappa shape index (κ2) is 20.2. The van der Waals surface area contributed by atoms with Gasteiger partial charge in [0.05, 0.1) is 12.5 Å². The summed E-state index contributed by atoms with van der Waals surface area (Å²) in [7, 11) is 0. The first-order valence-electron chi connectivity index (χ1n) is 9.25. The van der Waals surface area contributed by atoms with Crippen LogP contribution in [0.3, 0.4) is 0 Å². The van der Waals surface area contributed by atoms with Gasteiger partial charge in [0, 0.05) is 0 Å². The number of rotatable bonds is 4. The Morgan fingerprint density at radius 2 is 1.03 bits per heavy atom. The average molecular weight is 491 g/mol. The molecule has 0 aromatic heterocycles. The van der Waals surface area contributed by atoms with Crippen molar-refractivity contribution >= 4 is 46.9 Å². The summed E-state index contributed by atoms with van der Waals surface area (Å²) in [5.74, 6) is 0. The highest BCUT2D eigenvalue weighted by Gasteiger charge is 2.01. The lowest BCUT2D eigenvalue weighted by molar-refractivity contribution is -0.217. The van der Waals surface area contributed by atoms with Gasteiger partial charge in [-0.05, 0) is 40.4 Å². The van der Waals surface area contributed by atoms with Crippen LogP contribution in [0.1, 0.15) is 16.7 Å². The van der Waals surface area contributed by atoms with E-state index in [-0.39, 0.29) is 16.7 Å². The van der Waals surface area contributed by atoms with E-state index in [0.29, 0.717) is 5.56 Å². The minimum atomic E-state index is -0.377. The molecule has 0 bridgehead atoms. The molecule has 0 aliphatic rings. The van der Waals surface area contributed by atoms with Crippen LogP contribution in [-0.2, 0) is 9.68 Å². The normalized spacial score (nSPS) is 10.4. The molecule has 0 heterocycles. The van der Waals surface area contributed by atoms with Gasteiger partial charge in [-0.1, -0.05) is 103 Å². The molecule has 0 amide bonds. The van der Waals surface area contributed by atoms with Crippen molar-refractivity contribution in [1.29, 1.82) is 0 Å². The van der Waals surface area contributed by atoms with E-state index in [0.717, 1.165) is 23.7 Å². The first kappa shape index (κ1) is 29.3. The Balaban J connectivity index is 0.000000433. The molecule has 3 rings (SSSR count). The highest BCUT2D eigenvalue weighted by atomic mass is 35.5. The molecule has 3 aromatic rings. The molecule has 8 heteroatoms. The molecule has 0 radical (unpaired) electrons. The molecule has 33 heavy (non-hydrogen) atoms. The number of aliphatic hydroxyl groups excluding tert-OH is 3. The molecule has 0 aliphatic carbocycles. The van der Waals surface area contributed by atoms with Crippen molar-refractivity contribution in [1.82, 2.24) is 0 Å². The lowest BCUT2D eigenvalue weighted by atomic mass is 10.2. The Morgan fingerprint density at radius 3 is 1.30 bits per heavy atom. The number of carbonyl (C=O) groups is 1. The SMILES string of the molecule is O=COO.OC(Cl)=C(Cl)c1ccccc1.OC=Cc1ccccc1.OC=Cc1ccccc1. The van der Waals surface area contributed by atoms with Crippen molar-refractivity contribution in [2.75, 3.05) is 0 Å². The predicted octanol–water partition coefficient (Wildman–Crippen LogP) is 7.41. The molecule has 174 valence electrons. The number of hydrogen-bond acceptors (Lipinski definition) is 6. The molecular weight excluding hydrogens is 467 g/mol. The Hall–Kier alpha value is -3.71. The van der Waals surface area contributed by atoms with Gasteiger partial charge in [-0.3, -0.25) is 4.79 Å². The molecule has 6 nitrogen and oxygen atoms in total. The molecule has 0 aliphatic heterocycles. The van der Waals surface area contributed by atoms with Crippen LogP contribution >= 0.6 is 23.2 Å². The summed E-state index contributed by atoms with van der Waals surface area (Å²) >= 11 is 10.9. The Morgan fingerprint density at radius 1 is 0.697 bits per heavy atom. The zero-order valence-electron chi connectivity index (χ0n) is 17.4. The van der Waals surface area contributed by atoms with Crippen molar-refractivity contribution in [3.05, 3.63) is 125 Å². The summed E-state index contributed by atoms with van der Waals surface area (Å²) in [6, 6.07) is 28.3. The van der Waals surface area contributed by atoms with E-state index >= 15 is 0 Å². The van der Waals surface area contributed by atoms with Gasteiger partial charge in [0.1, 0.15) is 5.03 Å². The number of aliphatic hydroxyl groups is 3. The smallest absolute Gasteiger partial charge is 0.330 e. The Kier molecular flexibility index (Phi) is 17.9. The van der Waals surface area contributed by atoms with E-state index in [9.17, 15) is 0 Å². The Labute approximate surface area is 202 Å². The average Bonchev–Trinajstić information content (AvgIpc) is 2.87. The lowest BCUT2D eigenvalue weighted by Gasteiger charge is -1.96. The summed E-state index contributed by atoms with van der Waals surface area (Å²) in [4.78, 5) is 11.6. The molecular formula is C25H24Cl2O6. The van der Waals surface area contributed by atoms with Crippen LogP contribution in [0.5, 0.6) is 0 Å². The third kappa shape index (κ3) is 15.7. The second-order valence-corrected chi connectivity index (χ2v) is 6.36. The number of carbonyl (C=O) groups excluding carboxylic acids is 1. The highest BCUT2D eigenvalue weighted by molar-refractivity contribution is 6.53. The van der Waals surface area contributed by atoms with Gasteiger partial charge in [-0.25, -0.2) is 5.26 Å². The molecule has 0 atom stereocenters. The van der Waals surface area contributed by atoms with Crippen molar-refractivity contribution in [3.8, 4) is 0 Å².